The van der Waals surface area contributed by atoms with Crippen LogP contribution in [0.2, 0.25) is 0 Å². The topological polar surface area (TPSA) is 17.0 Å². The molecule has 2 heteroatoms. The molecular formula is C24H28NO+. The third-order valence-electron chi connectivity index (χ3n) is 5.88. The second-order valence-corrected chi connectivity index (χ2v) is 7.73. The first-order valence-electron chi connectivity index (χ1n) is 9.76. The highest BCUT2D eigenvalue weighted by atomic mass is 16.4. The number of para-hydroxylation sites is 1. The lowest BCUT2D eigenvalue weighted by Gasteiger charge is -2.06. The van der Waals surface area contributed by atoms with Crippen LogP contribution in [0.1, 0.15) is 59.7 Å². The Morgan fingerprint density at radius 2 is 1.42 bits per heavy atom. The van der Waals surface area contributed by atoms with Gasteiger partial charge in [0.25, 0.3) is 0 Å². The summed E-state index contributed by atoms with van der Waals surface area (Å²) < 4.78 is 9.00. The lowest BCUT2D eigenvalue weighted by Crippen LogP contribution is -2.35. The summed E-state index contributed by atoms with van der Waals surface area (Å²) >= 11 is 0. The quantitative estimate of drug-likeness (QED) is 0.523. The highest BCUT2D eigenvalue weighted by molar-refractivity contribution is 5.62. The van der Waals surface area contributed by atoms with E-state index in [1.807, 2.05) is 0 Å². The summed E-state index contributed by atoms with van der Waals surface area (Å²) in [6.45, 7) is 8.76. The zero-order valence-electron chi connectivity index (χ0n) is 16.3. The van der Waals surface area contributed by atoms with Crippen molar-refractivity contribution in [1.82, 2.24) is 0 Å². The molecule has 0 amide bonds. The Morgan fingerprint density at radius 1 is 0.808 bits per heavy atom. The molecule has 4 rings (SSSR count). The van der Waals surface area contributed by atoms with Crippen LogP contribution in [0.25, 0.3) is 17.1 Å². The van der Waals surface area contributed by atoms with E-state index in [-0.39, 0.29) is 0 Å². The Bertz CT molecular complexity index is 925. The highest BCUT2D eigenvalue weighted by Gasteiger charge is 2.35. The van der Waals surface area contributed by atoms with Crippen LogP contribution < -0.4 is 4.57 Å². The number of benzene rings is 2. The van der Waals surface area contributed by atoms with Crippen molar-refractivity contribution >= 4 is 0 Å². The molecule has 1 aromatic heterocycles. The van der Waals surface area contributed by atoms with Crippen LogP contribution in [-0.2, 0) is 0 Å². The standard InChI is InChI=1S/C24H28NO/c1-16-10-5-8-15-21(16)25-19(4)23(20-13-6-7-14-20)26-24(25)22-17(2)11-9-12-18(22)3/h5,8-12,15,20H,6-7,13-14H2,1-4H3/q+1. The van der Waals surface area contributed by atoms with Gasteiger partial charge in [-0.1, -0.05) is 49.2 Å². The largest absolute Gasteiger partial charge is 0.402 e. The third kappa shape index (κ3) is 2.78. The molecule has 2 nitrogen and oxygen atoms in total. The zero-order chi connectivity index (χ0) is 18.3. The second-order valence-electron chi connectivity index (χ2n) is 7.73. The van der Waals surface area contributed by atoms with Gasteiger partial charge >= 0.3 is 5.89 Å². The predicted octanol–water partition coefficient (Wildman–Crippen LogP) is 6.11. The molecule has 3 aromatic rings. The van der Waals surface area contributed by atoms with Crippen molar-refractivity contribution in [2.45, 2.75) is 59.3 Å². The van der Waals surface area contributed by atoms with E-state index in [2.05, 4.69) is 74.7 Å². The first kappa shape index (κ1) is 17.1. The first-order valence-corrected chi connectivity index (χ1v) is 9.76. The van der Waals surface area contributed by atoms with Crippen LogP contribution in [0.3, 0.4) is 0 Å². The van der Waals surface area contributed by atoms with Gasteiger partial charge in [-0.15, -0.1) is 4.57 Å². The summed E-state index contributed by atoms with van der Waals surface area (Å²) in [7, 11) is 0. The number of aryl methyl sites for hydroxylation is 3. The molecule has 2 aromatic carbocycles. The molecule has 1 fully saturated rings. The number of rotatable bonds is 3. The Kier molecular flexibility index (Phi) is 4.44. The minimum absolute atomic E-state index is 0.559. The van der Waals surface area contributed by atoms with Gasteiger partial charge in [0.2, 0.25) is 11.4 Å². The third-order valence-corrected chi connectivity index (χ3v) is 5.88. The van der Waals surface area contributed by atoms with Crippen molar-refractivity contribution in [2.75, 3.05) is 0 Å². The highest BCUT2D eigenvalue weighted by Crippen LogP contribution is 2.38. The maximum Gasteiger partial charge on any atom is 0.387 e. The average Bonchev–Trinajstić information content (AvgIpc) is 3.24. The van der Waals surface area contributed by atoms with E-state index < -0.39 is 0 Å². The van der Waals surface area contributed by atoms with Gasteiger partial charge in [0, 0.05) is 24.5 Å². The molecular weight excluding hydrogens is 318 g/mol. The van der Waals surface area contributed by atoms with Gasteiger partial charge in [-0.05, 0) is 44.7 Å². The summed E-state index contributed by atoms with van der Waals surface area (Å²) in [4.78, 5) is 0. The van der Waals surface area contributed by atoms with Crippen LogP contribution in [0.4, 0.5) is 0 Å². The zero-order valence-corrected chi connectivity index (χ0v) is 16.3. The molecule has 1 aliphatic carbocycles. The van der Waals surface area contributed by atoms with Crippen molar-refractivity contribution < 1.29 is 8.98 Å². The number of oxazole rings is 1. The number of hydrogen-bond donors (Lipinski definition) is 0. The molecule has 0 bridgehead atoms. The number of hydrogen-bond acceptors (Lipinski definition) is 1. The summed E-state index contributed by atoms with van der Waals surface area (Å²) in [5, 5.41) is 0. The summed E-state index contributed by atoms with van der Waals surface area (Å²) in [5.41, 5.74) is 7.49. The van der Waals surface area contributed by atoms with Gasteiger partial charge in [-0.25, -0.2) is 0 Å². The van der Waals surface area contributed by atoms with Gasteiger partial charge in [-0.3, -0.25) is 0 Å². The molecule has 0 spiro atoms. The Morgan fingerprint density at radius 3 is 2.08 bits per heavy atom. The maximum atomic E-state index is 6.65. The van der Waals surface area contributed by atoms with Gasteiger partial charge in [-0.2, -0.15) is 0 Å². The molecule has 26 heavy (non-hydrogen) atoms. The van der Waals surface area contributed by atoms with Crippen LogP contribution >= 0.6 is 0 Å². The van der Waals surface area contributed by atoms with E-state index in [9.17, 15) is 0 Å². The van der Waals surface area contributed by atoms with E-state index in [4.69, 9.17) is 4.42 Å². The van der Waals surface area contributed by atoms with E-state index in [1.54, 1.807) is 0 Å². The van der Waals surface area contributed by atoms with Gasteiger partial charge < -0.3 is 4.42 Å². The van der Waals surface area contributed by atoms with Crippen LogP contribution in [0.5, 0.6) is 0 Å². The average molecular weight is 346 g/mol. The minimum atomic E-state index is 0.559. The van der Waals surface area contributed by atoms with Crippen molar-refractivity contribution in [3.05, 3.63) is 70.6 Å². The molecule has 0 radical (unpaired) electrons. The molecule has 0 N–H and O–H groups in total. The van der Waals surface area contributed by atoms with Crippen LogP contribution in [0.15, 0.2) is 46.9 Å². The number of nitrogens with zero attached hydrogens (tertiary/aromatic N) is 1. The Hall–Kier alpha value is -2.35. The van der Waals surface area contributed by atoms with Gasteiger partial charge in [0.15, 0.2) is 5.76 Å². The SMILES string of the molecule is Cc1ccccc1-[n+]1c(-c2c(C)cccc2C)oc(C2CCCC2)c1C. The monoisotopic (exact) mass is 346 g/mol. The molecule has 1 aliphatic rings. The van der Waals surface area contributed by atoms with Crippen molar-refractivity contribution in [1.29, 1.82) is 0 Å². The fraction of sp³-hybridized carbons (Fsp3) is 0.375. The fourth-order valence-electron chi connectivity index (χ4n) is 4.47. The molecule has 0 saturated heterocycles. The molecule has 134 valence electrons. The van der Waals surface area contributed by atoms with Crippen molar-refractivity contribution in [2.24, 2.45) is 0 Å². The van der Waals surface area contributed by atoms with Crippen LogP contribution in [-0.4, -0.2) is 0 Å². The normalized spacial score (nSPS) is 14.9. The lowest BCUT2D eigenvalue weighted by atomic mass is 10.0. The first-order chi connectivity index (χ1) is 12.6. The second kappa shape index (κ2) is 6.75. The molecule has 1 heterocycles. The predicted molar refractivity (Wildman–Crippen MR) is 106 cm³/mol. The molecule has 1 saturated carbocycles. The number of aromatic nitrogens is 1. The van der Waals surface area contributed by atoms with Crippen molar-refractivity contribution in [3.63, 3.8) is 0 Å². The smallest absolute Gasteiger partial charge is 0.387 e. The molecule has 0 unspecified atom stereocenters. The minimum Gasteiger partial charge on any atom is -0.402 e. The summed E-state index contributed by atoms with van der Waals surface area (Å²) in [6.07, 6.45) is 5.12. The van der Waals surface area contributed by atoms with E-state index in [1.165, 1.54) is 65.1 Å². The van der Waals surface area contributed by atoms with Gasteiger partial charge in [0.05, 0.1) is 5.56 Å². The van der Waals surface area contributed by atoms with Gasteiger partial charge in [0.1, 0.15) is 0 Å². The lowest BCUT2D eigenvalue weighted by molar-refractivity contribution is -0.593. The van der Waals surface area contributed by atoms with Crippen molar-refractivity contribution in [3.8, 4) is 17.1 Å². The summed E-state index contributed by atoms with van der Waals surface area (Å²) in [6, 6.07) is 15.1. The fourth-order valence-corrected chi connectivity index (χ4v) is 4.47. The molecule has 0 atom stereocenters. The Labute approximate surface area is 156 Å². The maximum absolute atomic E-state index is 6.65. The van der Waals surface area contributed by atoms with E-state index >= 15 is 0 Å². The Balaban J connectivity index is 2.01. The summed E-state index contributed by atoms with van der Waals surface area (Å²) in [5.74, 6) is 2.72. The van der Waals surface area contributed by atoms with E-state index in [0.29, 0.717) is 5.92 Å². The molecule has 0 aliphatic heterocycles. The van der Waals surface area contributed by atoms with E-state index in [0.717, 1.165) is 5.89 Å². The van der Waals surface area contributed by atoms with Crippen LogP contribution in [0, 0.1) is 27.7 Å².